The fourth-order valence-corrected chi connectivity index (χ4v) is 3.85. The minimum absolute atomic E-state index is 0.130. The first kappa shape index (κ1) is 26.0. The number of hydrogen-bond acceptors (Lipinski definition) is 7. The molecule has 0 radical (unpaired) electrons. The third kappa shape index (κ3) is 6.72. The number of carbonyl (C=O) groups is 2. The molecule has 0 saturated carbocycles. The molecule has 7 nitrogen and oxygen atoms in total. The maximum atomic E-state index is 12.8. The van der Waals surface area contributed by atoms with Gasteiger partial charge in [-0.25, -0.2) is 4.98 Å². The molecule has 0 amide bonds. The molecule has 7 heteroatoms. The Balaban J connectivity index is 1.66. The zero-order chi connectivity index (χ0) is 25.5. The van der Waals surface area contributed by atoms with Crippen LogP contribution in [0.3, 0.4) is 0 Å². The minimum atomic E-state index is -0.724. The largest absolute Gasteiger partial charge is 0.503 e. The Bertz CT molecular complexity index is 1180. The van der Waals surface area contributed by atoms with Crippen LogP contribution in [0.2, 0.25) is 0 Å². The summed E-state index contributed by atoms with van der Waals surface area (Å²) in [6, 6.07) is 15.4. The van der Waals surface area contributed by atoms with Crippen LogP contribution in [0.25, 0.3) is 10.8 Å². The Hall–Kier alpha value is -3.61. The fraction of sp³-hybridized carbons (Fsp3) is 0.393. The van der Waals surface area contributed by atoms with Crippen molar-refractivity contribution >= 4 is 22.5 Å². The first-order valence-electron chi connectivity index (χ1n) is 11.8. The van der Waals surface area contributed by atoms with Gasteiger partial charge in [-0.2, -0.15) is 0 Å². The van der Waals surface area contributed by atoms with Crippen molar-refractivity contribution in [2.75, 3.05) is 7.11 Å². The van der Waals surface area contributed by atoms with Gasteiger partial charge in [-0.15, -0.1) is 0 Å². The SMILES string of the molecule is COc1ccnc(C(=O)C[C@@H](C)C(=O)O[C@@H](C)[C@@H](CC(C)C)Oc2ccc3ccccc3c2)c1O. The lowest BCUT2D eigenvalue weighted by Gasteiger charge is -2.27. The molecule has 3 rings (SSSR count). The number of ketones is 1. The maximum Gasteiger partial charge on any atom is 0.309 e. The van der Waals surface area contributed by atoms with Crippen LogP contribution in [0.5, 0.6) is 17.2 Å². The zero-order valence-corrected chi connectivity index (χ0v) is 20.9. The van der Waals surface area contributed by atoms with Crippen LogP contribution in [-0.4, -0.2) is 41.2 Å². The highest BCUT2D eigenvalue weighted by Crippen LogP contribution is 2.29. The van der Waals surface area contributed by atoms with E-state index in [4.69, 9.17) is 14.2 Å². The summed E-state index contributed by atoms with van der Waals surface area (Å²) in [5, 5.41) is 12.4. The number of hydrogen-bond donors (Lipinski definition) is 1. The van der Waals surface area contributed by atoms with Crippen LogP contribution in [0.15, 0.2) is 54.7 Å². The van der Waals surface area contributed by atoms with Crippen molar-refractivity contribution in [3.63, 3.8) is 0 Å². The van der Waals surface area contributed by atoms with E-state index in [2.05, 4.69) is 18.8 Å². The quantitative estimate of drug-likeness (QED) is 0.283. The number of carbonyl (C=O) groups excluding carboxylic acids is 2. The van der Waals surface area contributed by atoms with Gasteiger partial charge >= 0.3 is 5.97 Å². The highest BCUT2D eigenvalue weighted by molar-refractivity contribution is 5.99. The van der Waals surface area contributed by atoms with Crippen LogP contribution < -0.4 is 9.47 Å². The molecule has 0 spiro atoms. The van der Waals surface area contributed by atoms with Crippen molar-refractivity contribution in [2.24, 2.45) is 11.8 Å². The Labute approximate surface area is 206 Å². The van der Waals surface area contributed by atoms with Crippen molar-refractivity contribution in [2.45, 2.75) is 52.7 Å². The van der Waals surface area contributed by atoms with E-state index in [9.17, 15) is 14.7 Å². The number of benzene rings is 2. The van der Waals surface area contributed by atoms with E-state index in [1.54, 1.807) is 13.8 Å². The van der Waals surface area contributed by atoms with E-state index in [0.717, 1.165) is 10.8 Å². The average molecular weight is 480 g/mol. The van der Waals surface area contributed by atoms with E-state index in [1.807, 2.05) is 42.5 Å². The van der Waals surface area contributed by atoms with Crippen LogP contribution in [0.1, 0.15) is 51.0 Å². The molecule has 0 aliphatic carbocycles. The van der Waals surface area contributed by atoms with E-state index in [-0.39, 0.29) is 29.7 Å². The lowest BCUT2D eigenvalue weighted by Crippen LogP contribution is -2.36. The average Bonchev–Trinajstić information content (AvgIpc) is 2.83. The molecule has 2 aromatic carbocycles. The Morgan fingerprint density at radius 3 is 2.40 bits per heavy atom. The number of pyridine rings is 1. The third-order valence-corrected chi connectivity index (χ3v) is 5.80. The summed E-state index contributed by atoms with van der Waals surface area (Å²) in [5.41, 5.74) is -0.130. The monoisotopic (exact) mass is 479 g/mol. The molecule has 186 valence electrons. The molecule has 0 bridgehead atoms. The van der Waals surface area contributed by atoms with Crippen LogP contribution in [0.4, 0.5) is 0 Å². The van der Waals surface area contributed by atoms with E-state index >= 15 is 0 Å². The molecule has 35 heavy (non-hydrogen) atoms. The summed E-state index contributed by atoms with van der Waals surface area (Å²) in [6.07, 6.45) is 1.03. The highest BCUT2D eigenvalue weighted by Gasteiger charge is 2.28. The summed E-state index contributed by atoms with van der Waals surface area (Å²) in [5.74, 6) is -0.862. The van der Waals surface area contributed by atoms with Crippen LogP contribution >= 0.6 is 0 Å². The Morgan fingerprint density at radius 2 is 1.71 bits per heavy atom. The van der Waals surface area contributed by atoms with E-state index in [0.29, 0.717) is 18.1 Å². The number of esters is 1. The third-order valence-electron chi connectivity index (χ3n) is 5.80. The normalized spacial score (nSPS) is 13.8. The van der Waals surface area contributed by atoms with Crippen LogP contribution in [0, 0.1) is 11.8 Å². The second-order valence-corrected chi connectivity index (χ2v) is 9.18. The number of fused-ring (bicyclic) bond motifs is 1. The van der Waals surface area contributed by atoms with Gasteiger partial charge in [0.1, 0.15) is 18.0 Å². The van der Waals surface area contributed by atoms with Gasteiger partial charge in [0.15, 0.2) is 23.0 Å². The fourth-order valence-electron chi connectivity index (χ4n) is 3.85. The van der Waals surface area contributed by atoms with Gasteiger partial charge in [0.2, 0.25) is 0 Å². The van der Waals surface area contributed by atoms with Crippen molar-refractivity contribution in [3.05, 3.63) is 60.4 Å². The summed E-state index contributed by atoms with van der Waals surface area (Å²) in [4.78, 5) is 29.4. The number of methoxy groups -OCH3 is 1. The molecule has 1 N–H and O–H groups in total. The van der Waals surface area contributed by atoms with Crippen molar-refractivity contribution in [1.29, 1.82) is 0 Å². The summed E-state index contributed by atoms with van der Waals surface area (Å²) < 4.78 is 17.0. The number of aromatic hydroxyl groups is 1. The highest BCUT2D eigenvalue weighted by atomic mass is 16.6. The van der Waals surface area contributed by atoms with Crippen LogP contribution in [-0.2, 0) is 9.53 Å². The number of aromatic nitrogens is 1. The first-order valence-corrected chi connectivity index (χ1v) is 11.8. The lowest BCUT2D eigenvalue weighted by atomic mass is 10.0. The summed E-state index contributed by atoms with van der Waals surface area (Å²) >= 11 is 0. The van der Waals surface area contributed by atoms with Gasteiger partial charge in [0.25, 0.3) is 0 Å². The Kier molecular flexibility index (Phi) is 8.68. The summed E-state index contributed by atoms with van der Waals surface area (Å²) in [6.45, 7) is 7.59. The molecule has 0 aliphatic heterocycles. The molecule has 0 saturated heterocycles. The molecule has 0 aliphatic rings. The van der Waals surface area contributed by atoms with E-state index in [1.165, 1.54) is 19.4 Å². The molecule has 1 aromatic heterocycles. The van der Waals surface area contributed by atoms with Crippen molar-refractivity contribution < 1.29 is 28.9 Å². The molecular formula is C28H33NO6. The molecule has 3 aromatic rings. The minimum Gasteiger partial charge on any atom is -0.503 e. The van der Waals surface area contributed by atoms with Gasteiger partial charge in [0, 0.05) is 18.7 Å². The topological polar surface area (TPSA) is 95.0 Å². The summed E-state index contributed by atoms with van der Waals surface area (Å²) in [7, 11) is 1.39. The number of Topliss-reactive ketones (excluding diaryl/α,β-unsaturated/α-hetero) is 1. The molecular weight excluding hydrogens is 446 g/mol. The number of ether oxygens (including phenoxy) is 3. The second-order valence-electron chi connectivity index (χ2n) is 9.18. The van der Waals surface area contributed by atoms with Crippen molar-refractivity contribution in [3.8, 4) is 17.2 Å². The molecule has 1 heterocycles. The van der Waals surface area contributed by atoms with Crippen molar-refractivity contribution in [1.82, 2.24) is 4.98 Å². The number of nitrogens with zero attached hydrogens (tertiary/aromatic N) is 1. The van der Waals surface area contributed by atoms with Gasteiger partial charge < -0.3 is 19.3 Å². The zero-order valence-electron chi connectivity index (χ0n) is 20.9. The lowest BCUT2D eigenvalue weighted by molar-refractivity contribution is -0.157. The smallest absolute Gasteiger partial charge is 0.309 e. The molecule has 3 atom stereocenters. The van der Waals surface area contributed by atoms with Gasteiger partial charge in [-0.3, -0.25) is 9.59 Å². The maximum absolute atomic E-state index is 12.8. The standard InChI is InChI=1S/C28H33NO6/c1-17(2)14-25(35-22-11-10-20-8-6-7-9-21(20)16-22)19(4)34-28(32)18(3)15-23(30)26-27(31)24(33-5)12-13-29-26/h6-13,16-19,25,31H,14-15H2,1-5H3/t18-,19+,25-/m1/s1. The van der Waals surface area contributed by atoms with E-state index < -0.39 is 23.8 Å². The molecule has 0 fully saturated rings. The predicted octanol–water partition coefficient (Wildman–Crippen LogP) is 5.58. The van der Waals surface area contributed by atoms with Gasteiger partial charge in [-0.05, 0) is 42.2 Å². The van der Waals surface area contributed by atoms with Gasteiger partial charge in [0.05, 0.1) is 13.0 Å². The molecule has 0 unspecified atom stereocenters. The predicted molar refractivity (Wildman–Crippen MR) is 134 cm³/mol. The second kappa shape index (κ2) is 11.7. The van der Waals surface area contributed by atoms with Gasteiger partial charge in [-0.1, -0.05) is 51.1 Å². The Morgan fingerprint density at radius 1 is 1.00 bits per heavy atom. The first-order chi connectivity index (χ1) is 16.7. The number of rotatable bonds is 11.